The fraction of sp³-hybridized carbons (Fsp3) is 0.348. The minimum Gasteiger partial charge on any atom is -0.368 e. The first-order valence-electron chi connectivity index (χ1n) is 10.0. The minimum atomic E-state index is -0.800. The molecule has 7 heteroatoms. The SMILES string of the molecule is CCC1(CC)C(=O)N(C(=O)NCc2ccccc2)C1O/N=C(\C)c1ccc(F)cc1. The van der Waals surface area contributed by atoms with Crippen molar-refractivity contribution in [3.8, 4) is 0 Å². The molecule has 1 N–H and O–H groups in total. The van der Waals surface area contributed by atoms with Gasteiger partial charge in [-0.1, -0.05) is 61.5 Å². The summed E-state index contributed by atoms with van der Waals surface area (Å²) in [5, 5.41) is 6.91. The zero-order valence-corrected chi connectivity index (χ0v) is 17.4. The van der Waals surface area contributed by atoms with Gasteiger partial charge in [-0.15, -0.1) is 0 Å². The number of urea groups is 1. The number of nitrogens with zero attached hydrogens (tertiary/aromatic N) is 2. The van der Waals surface area contributed by atoms with Crippen molar-refractivity contribution in [1.82, 2.24) is 10.2 Å². The Morgan fingerprint density at radius 2 is 1.77 bits per heavy atom. The molecular formula is C23H26FN3O3. The summed E-state index contributed by atoms with van der Waals surface area (Å²) >= 11 is 0. The molecule has 1 aliphatic rings. The molecular weight excluding hydrogens is 385 g/mol. The predicted molar refractivity (Wildman–Crippen MR) is 112 cm³/mol. The summed E-state index contributed by atoms with van der Waals surface area (Å²) in [5.41, 5.74) is 1.36. The second-order valence-electron chi connectivity index (χ2n) is 7.32. The number of carbonyl (C=O) groups is 2. The molecule has 2 aromatic carbocycles. The number of rotatable bonds is 7. The molecule has 0 aromatic heterocycles. The Bertz CT molecular complexity index is 924. The van der Waals surface area contributed by atoms with E-state index in [9.17, 15) is 14.0 Å². The van der Waals surface area contributed by atoms with Crippen LogP contribution in [0.1, 0.15) is 44.7 Å². The Morgan fingerprint density at radius 3 is 2.37 bits per heavy atom. The third-order valence-electron chi connectivity index (χ3n) is 5.67. The van der Waals surface area contributed by atoms with E-state index in [1.807, 2.05) is 44.2 Å². The Hall–Kier alpha value is -3.22. The van der Waals surface area contributed by atoms with Crippen LogP contribution in [0.25, 0.3) is 0 Å². The number of benzene rings is 2. The van der Waals surface area contributed by atoms with E-state index in [4.69, 9.17) is 4.84 Å². The first kappa shape index (κ1) is 21.5. The van der Waals surface area contributed by atoms with Crippen LogP contribution < -0.4 is 5.32 Å². The van der Waals surface area contributed by atoms with Crippen LogP contribution in [0.3, 0.4) is 0 Å². The predicted octanol–water partition coefficient (Wildman–Crippen LogP) is 4.45. The molecule has 3 rings (SSSR count). The highest BCUT2D eigenvalue weighted by Crippen LogP contribution is 2.45. The van der Waals surface area contributed by atoms with Gasteiger partial charge in [-0.2, -0.15) is 0 Å². The summed E-state index contributed by atoms with van der Waals surface area (Å²) in [6, 6.07) is 14.8. The minimum absolute atomic E-state index is 0.266. The normalized spacial score (nSPS) is 18.0. The highest BCUT2D eigenvalue weighted by molar-refractivity contribution is 6.03. The highest BCUT2D eigenvalue weighted by Gasteiger charge is 2.63. The molecule has 2 aromatic rings. The topological polar surface area (TPSA) is 71.0 Å². The van der Waals surface area contributed by atoms with Crippen LogP contribution in [0.15, 0.2) is 59.8 Å². The second kappa shape index (κ2) is 9.07. The number of hydrogen-bond acceptors (Lipinski definition) is 4. The first-order chi connectivity index (χ1) is 14.4. The molecule has 3 amide bonds. The molecule has 0 saturated carbocycles. The molecule has 1 unspecified atom stereocenters. The third-order valence-corrected chi connectivity index (χ3v) is 5.67. The largest absolute Gasteiger partial charge is 0.368 e. The first-order valence-corrected chi connectivity index (χ1v) is 10.0. The van der Waals surface area contributed by atoms with E-state index in [0.29, 0.717) is 30.7 Å². The van der Waals surface area contributed by atoms with Crippen molar-refractivity contribution in [3.63, 3.8) is 0 Å². The van der Waals surface area contributed by atoms with Crippen molar-refractivity contribution in [3.05, 3.63) is 71.5 Å². The zero-order chi connectivity index (χ0) is 21.7. The number of imide groups is 1. The standard InChI is InChI=1S/C23H26FN3O3/c1-4-23(5-2)20(28)27(22(29)25-15-17-9-7-6-8-10-17)21(23)30-26-16(3)18-11-13-19(24)14-12-18/h6-14,21H,4-5,15H2,1-3H3,(H,25,29)/b26-16+. The molecule has 1 saturated heterocycles. The number of likely N-dealkylation sites (tertiary alicyclic amines) is 1. The quantitative estimate of drug-likeness (QED) is 0.416. The number of nitrogens with one attached hydrogen (secondary N) is 1. The fourth-order valence-corrected chi connectivity index (χ4v) is 3.61. The molecule has 1 heterocycles. The maximum absolute atomic E-state index is 13.1. The number of amides is 3. The molecule has 0 spiro atoms. The fourth-order valence-electron chi connectivity index (χ4n) is 3.61. The van der Waals surface area contributed by atoms with Gasteiger partial charge in [0.05, 0.1) is 5.71 Å². The van der Waals surface area contributed by atoms with E-state index in [1.54, 1.807) is 19.1 Å². The number of carbonyl (C=O) groups excluding carboxylic acids is 2. The highest BCUT2D eigenvalue weighted by atomic mass is 19.1. The summed E-state index contributed by atoms with van der Waals surface area (Å²) in [5.74, 6) is -0.605. The van der Waals surface area contributed by atoms with E-state index < -0.39 is 17.7 Å². The van der Waals surface area contributed by atoms with E-state index >= 15 is 0 Å². The van der Waals surface area contributed by atoms with Crippen molar-refractivity contribution in [2.75, 3.05) is 0 Å². The molecule has 30 heavy (non-hydrogen) atoms. The molecule has 6 nitrogen and oxygen atoms in total. The Morgan fingerprint density at radius 1 is 1.13 bits per heavy atom. The van der Waals surface area contributed by atoms with Crippen molar-refractivity contribution in [2.24, 2.45) is 10.6 Å². The molecule has 1 aliphatic heterocycles. The molecule has 0 radical (unpaired) electrons. The van der Waals surface area contributed by atoms with Gasteiger partial charge in [0, 0.05) is 6.54 Å². The van der Waals surface area contributed by atoms with Gasteiger partial charge in [-0.05, 0) is 43.0 Å². The summed E-state index contributed by atoms with van der Waals surface area (Å²) in [6.07, 6.45) is 0.257. The lowest BCUT2D eigenvalue weighted by Crippen LogP contribution is -2.72. The van der Waals surface area contributed by atoms with Crippen LogP contribution in [0, 0.1) is 11.2 Å². The zero-order valence-electron chi connectivity index (χ0n) is 17.4. The molecule has 1 fully saturated rings. The lowest BCUT2D eigenvalue weighted by molar-refractivity contribution is -0.210. The van der Waals surface area contributed by atoms with Crippen LogP contribution in [0.4, 0.5) is 9.18 Å². The molecule has 0 aliphatic carbocycles. The lowest BCUT2D eigenvalue weighted by atomic mass is 9.72. The van der Waals surface area contributed by atoms with Gasteiger partial charge < -0.3 is 10.2 Å². The van der Waals surface area contributed by atoms with E-state index in [2.05, 4.69) is 10.5 Å². The van der Waals surface area contributed by atoms with Gasteiger partial charge in [0.25, 0.3) is 0 Å². The Labute approximate surface area is 175 Å². The van der Waals surface area contributed by atoms with Crippen LogP contribution in [-0.2, 0) is 16.2 Å². The van der Waals surface area contributed by atoms with Gasteiger partial charge in [0.15, 0.2) is 0 Å². The summed E-state index contributed by atoms with van der Waals surface area (Å²) in [4.78, 5) is 32.4. The van der Waals surface area contributed by atoms with E-state index in [1.165, 1.54) is 12.1 Å². The van der Waals surface area contributed by atoms with Crippen LogP contribution in [0.2, 0.25) is 0 Å². The van der Waals surface area contributed by atoms with Gasteiger partial charge in [0.1, 0.15) is 11.2 Å². The Kier molecular flexibility index (Phi) is 6.50. The Balaban J connectivity index is 1.75. The molecule has 1 atom stereocenters. The second-order valence-corrected chi connectivity index (χ2v) is 7.32. The number of oxime groups is 1. The van der Waals surface area contributed by atoms with Gasteiger partial charge in [-0.3, -0.25) is 4.79 Å². The summed E-state index contributed by atoms with van der Waals surface area (Å²) in [7, 11) is 0. The maximum Gasteiger partial charge on any atom is 0.327 e. The van der Waals surface area contributed by atoms with Crippen LogP contribution >= 0.6 is 0 Å². The van der Waals surface area contributed by atoms with Crippen LogP contribution in [0.5, 0.6) is 0 Å². The summed E-state index contributed by atoms with van der Waals surface area (Å²) in [6.45, 7) is 5.83. The van der Waals surface area contributed by atoms with E-state index in [0.717, 1.165) is 10.5 Å². The number of β-lactam (4-membered cyclic amide) rings is 1. The average molecular weight is 411 g/mol. The van der Waals surface area contributed by atoms with E-state index in [-0.39, 0.29) is 11.7 Å². The van der Waals surface area contributed by atoms with Gasteiger partial charge in [0.2, 0.25) is 12.1 Å². The van der Waals surface area contributed by atoms with Crippen molar-refractivity contribution >= 4 is 17.6 Å². The lowest BCUT2D eigenvalue weighted by Gasteiger charge is -2.51. The molecule has 158 valence electrons. The van der Waals surface area contributed by atoms with Crippen molar-refractivity contribution < 1.29 is 18.8 Å². The third kappa shape index (κ3) is 4.06. The van der Waals surface area contributed by atoms with Crippen molar-refractivity contribution in [2.45, 2.75) is 46.4 Å². The number of halogens is 1. The van der Waals surface area contributed by atoms with Gasteiger partial charge in [-0.25, -0.2) is 14.1 Å². The van der Waals surface area contributed by atoms with Gasteiger partial charge >= 0.3 is 6.03 Å². The monoisotopic (exact) mass is 411 g/mol. The van der Waals surface area contributed by atoms with Crippen LogP contribution in [-0.4, -0.2) is 28.8 Å². The number of hydrogen-bond donors (Lipinski definition) is 1. The maximum atomic E-state index is 13.1. The molecule has 0 bridgehead atoms. The summed E-state index contributed by atoms with van der Waals surface area (Å²) < 4.78 is 13.1. The average Bonchev–Trinajstić information content (AvgIpc) is 2.77. The van der Waals surface area contributed by atoms with Crippen molar-refractivity contribution in [1.29, 1.82) is 0 Å². The smallest absolute Gasteiger partial charge is 0.327 e.